The minimum atomic E-state index is -1.36. The Labute approximate surface area is 124 Å². The molecule has 5 N–H and O–H groups in total. The topological polar surface area (TPSA) is 153 Å². The van der Waals surface area contributed by atoms with Gasteiger partial charge in [-0.2, -0.15) is 0 Å². The van der Waals surface area contributed by atoms with Crippen molar-refractivity contribution in [2.24, 2.45) is 0 Å². The molecule has 0 unspecified atom stereocenters. The molecule has 0 aromatic carbocycles. The number of aromatic nitrogens is 4. The van der Waals surface area contributed by atoms with Crippen molar-refractivity contribution in [3.63, 3.8) is 0 Å². The van der Waals surface area contributed by atoms with Crippen LogP contribution in [0.4, 0.5) is 0 Å². The van der Waals surface area contributed by atoms with Crippen LogP contribution in [0, 0.1) is 0 Å². The van der Waals surface area contributed by atoms with Gasteiger partial charge in [-0.25, -0.2) is 9.78 Å². The third-order valence-electron chi connectivity index (χ3n) is 3.31. The van der Waals surface area contributed by atoms with Gasteiger partial charge >= 0.3 is 5.69 Å². The first-order chi connectivity index (χ1) is 9.93. The van der Waals surface area contributed by atoms with Crippen LogP contribution in [0.5, 0.6) is 0 Å². The SMILES string of the molecule is O=c1[nH]c(=O)c2nc(Br)n([C@H]3O[C@@H](CO)[C@@H](O)[C@@H]3O)c2[nH]1. The average molecular weight is 363 g/mol. The molecule has 2 aromatic rings. The van der Waals surface area contributed by atoms with E-state index in [1.807, 2.05) is 4.98 Å². The second-order valence-electron chi connectivity index (χ2n) is 4.59. The van der Waals surface area contributed by atoms with Crippen LogP contribution < -0.4 is 11.2 Å². The molecule has 3 rings (SSSR count). The number of hydrogen-bond donors (Lipinski definition) is 5. The van der Waals surface area contributed by atoms with Crippen molar-refractivity contribution in [3.8, 4) is 0 Å². The number of aromatic amines is 2. The van der Waals surface area contributed by atoms with Gasteiger partial charge in [0.05, 0.1) is 6.61 Å². The maximum absolute atomic E-state index is 11.7. The molecule has 0 amide bonds. The zero-order valence-electron chi connectivity index (χ0n) is 10.4. The van der Waals surface area contributed by atoms with Crippen LogP contribution >= 0.6 is 15.9 Å². The van der Waals surface area contributed by atoms with Gasteiger partial charge in [0.25, 0.3) is 5.56 Å². The number of aliphatic hydroxyl groups excluding tert-OH is 3. The molecule has 4 atom stereocenters. The van der Waals surface area contributed by atoms with Crippen molar-refractivity contribution in [2.45, 2.75) is 24.5 Å². The van der Waals surface area contributed by atoms with E-state index in [2.05, 4.69) is 25.9 Å². The normalized spacial score (nSPS) is 29.3. The summed E-state index contributed by atoms with van der Waals surface area (Å²) < 4.78 is 6.71. The van der Waals surface area contributed by atoms with Crippen molar-refractivity contribution in [1.82, 2.24) is 19.5 Å². The number of rotatable bonds is 2. The fourth-order valence-corrected chi connectivity index (χ4v) is 2.87. The summed E-state index contributed by atoms with van der Waals surface area (Å²) in [4.78, 5) is 31.4. The summed E-state index contributed by atoms with van der Waals surface area (Å²) in [5.74, 6) is 0. The third kappa shape index (κ3) is 2.13. The summed E-state index contributed by atoms with van der Waals surface area (Å²) in [6.07, 6.45) is -4.77. The highest BCUT2D eigenvalue weighted by molar-refractivity contribution is 9.10. The Morgan fingerprint density at radius 2 is 2.00 bits per heavy atom. The first kappa shape index (κ1) is 14.4. The maximum Gasteiger partial charge on any atom is 0.327 e. The zero-order valence-corrected chi connectivity index (χ0v) is 11.9. The van der Waals surface area contributed by atoms with E-state index in [9.17, 15) is 19.8 Å². The molecule has 1 aliphatic rings. The predicted octanol–water partition coefficient (Wildman–Crippen LogP) is -2.21. The molecule has 11 heteroatoms. The average Bonchev–Trinajstić information content (AvgIpc) is 2.89. The third-order valence-corrected chi connectivity index (χ3v) is 3.87. The van der Waals surface area contributed by atoms with Crippen LogP contribution in [0.2, 0.25) is 0 Å². The molecule has 2 aromatic heterocycles. The lowest BCUT2D eigenvalue weighted by Gasteiger charge is -2.17. The Bertz CT molecular complexity index is 797. The fourth-order valence-electron chi connectivity index (χ4n) is 2.31. The van der Waals surface area contributed by atoms with Gasteiger partial charge in [-0.15, -0.1) is 0 Å². The molecule has 21 heavy (non-hydrogen) atoms. The molecule has 0 spiro atoms. The van der Waals surface area contributed by atoms with Crippen molar-refractivity contribution in [1.29, 1.82) is 0 Å². The smallest absolute Gasteiger partial charge is 0.327 e. The summed E-state index contributed by atoms with van der Waals surface area (Å²) in [5, 5.41) is 28.9. The molecule has 0 saturated carbocycles. The van der Waals surface area contributed by atoms with Crippen molar-refractivity contribution in [2.75, 3.05) is 6.61 Å². The number of H-pyrrole nitrogens is 2. The van der Waals surface area contributed by atoms with Gasteiger partial charge in [0.2, 0.25) is 0 Å². The molecule has 0 bridgehead atoms. The zero-order chi connectivity index (χ0) is 15.3. The number of nitrogens with zero attached hydrogens (tertiary/aromatic N) is 2. The Hall–Kier alpha value is -1.53. The lowest BCUT2D eigenvalue weighted by atomic mass is 10.1. The molecule has 10 nitrogen and oxygen atoms in total. The number of fused-ring (bicyclic) bond motifs is 1. The van der Waals surface area contributed by atoms with Crippen LogP contribution in [0.3, 0.4) is 0 Å². The van der Waals surface area contributed by atoms with E-state index in [4.69, 9.17) is 9.84 Å². The van der Waals surface area contributed by atoms with Crippen molar-refractivity contribution in [3.05, 3.63) is 25.6 Å². The molecule has 3 heterocycles. The van der Waals surface area contributed by atoms with Crippen LogP contribution in [0.25, 0.3) is 11.2 Å². The Morgan fingerprint density at radius 1 is 1.29 bits per heavy atom. The second kappa shape index (κ2) is 5.03. The highest BCUT2D eigenvalue weighted by Crippen LogP contribution is 2.33. The summed E-state index contributed by atoms with van der Waals surface area (Å²) in [5.41, 5.74) is -1.46. The van der Waals surface area contributed by atoms with Gasteiger partial charge in [0.15, 0.2) is 22.1 Å². The fraction of sp³-hybridized carbons (Fsp3) is 0.500. The van der Waals surface area contributed by atoms with Crippen molar-refractivity contribution < 1.29 is 20.1 Å². The quantitative estimate of drug-likeness (QED) is 0.379. The molecular formula is C10H11BrN4O6. The first-order valence-corrected chi connectivity index (χ1v) is 6.76. The number of halogens is 1. The highest BCUT2D eigenvalue weighted by atomic mass is 79.9. The van der Waals surface area contributed by atoms with Crippen molar-refractivity contribution >= 4 is 27.1 Å². The van der Waals surface area contributed by atoms with E-state index in [1.165, 1.54) is 4.57 Å². The molecule has 114 valence electrons. The van der Waals surface area contributed by atoms with Gasteiger partial charge in [-0.05, 0) is 15.9 Å². The van der Waals surface area contributed by atoms with Gasteiger partial charge in [0, 0.05) is 0 Å². The molecular weight excluding hydrogens is 352 g/mol. The largest absolute Gasteiger partial charge is 0.394 e. The molecule has 1 aliphatic heterocycles. The highest BCUT2D eigenvalue weighted by Gasteiger charge is 2.44. The molecule has 0 radical (unpaired) electrons. The van der Waals surface area contributed by atoms with Gasteiger partial charge < -0.3 is 20.1 Å². The first-order valence-electron chi connectivity index (χ1n) is 5.96. The molecule has 1 saturated heterocycles. The number of hydrogen-bond acceptors (Lipinski definition) is 7. The predicted molar refractivity (Wildman–Crippen MR) is 71.7 cm³/mol. The number of imidazole rings is 1. The monoisotopic (exact) mass is 362 g/mol. The van der Waals surface area contributed by atoms with E-state index in [0.717, 1.165) is 0 Å². The maximum atomic E-state index is 11.7. The lowest BCUT2D eigenvalue weighted by Crippen LogP contribution is -2.33. The van der Waals surface area contributed by atoms with E-state index >= 15 is 0 Å². The van der Waals surface area contributed by atoms with Gasteiger partial charge in [0.1, 0.15) is 18.3 Å². The van der Waals surface area contributed by atoms with Crippen LogP contribution in [-0.2, 0) is 4.74 Å². The molecule has 0 aliphatic carbocycles. The summed E-state index contributed by atoms with van der Waals surface area (Å²) >= 11 is 3.11. The van der Waals surface area contributed by atoms with Gasteiger partial charge in [-0.3, -0.25) is 19.3 Å². The van der Waals surface area contributed by atoms with E-state index in [1.54, 1.807) is 0 Å². The van der Waals surface area contributed by atoms with Gasteiger partial charge in [-0.1, -0.05) is 0 Å². The Morgan fingerprint density at radius 3 is 2.62 bits per heavy atom. The Kier molecular flexibility index (Phi) is 3.45. The van der Waals surface area contributed by atoms with E-state index in [0.29, 0.717) is 0 Å². The Balaban J connectivity index is 2.19. The summed E-state index contributed by atoms with van der Waals surface area (Å²) in [6.45, 7) is -0.490. The minimum absolute atomic E-state index is 0.0328. The standard InChI is InChI=1S/C10H11BrN4O6/c11-9-12-3-6(13-10(20)14-7(3)19)15(9)8-5(18)4(17)2(1-16)21-8/h2,4-5,8,16-18H,1H2,(H2,13,14,19,20)/t2-,4+,5-,8-/m0/s1. The number of aliphatic hydroxyl groups is 3. The second-order valence-corrected chi connectivity index (χ2v) is 5.29. The number of nitrogens with one attached hydrogen (secondary N) is 2. The summed E-state index contributed by atoms with van der Waals surface area (Å²) in [7, 11) is 0. The van der Waals surface area contributed by atoms with Crippen LogP contribution in [0.15, 0.2) is 14.3 Å². The summed E-state index contributed by atoms with van der Waals surface area (Å²) in [6, 6.07) is 0. The molecule has 1 fully saturated rings. The minimum Gasteiger partial charge on any atom is -0.394 e. The lowest BCUT2D eigenvalue weighted by molar-refractivity contribution is -0.0521. The van der Waals surface area contributed by atoms with Crippen LogP contribution in [-0.4, -0.2) is 59.8 Å². The van der Waals surface area contributed by atoms with E-state index < -0.39 is 42.4 Å². The van der Waals surface area contributed by atoms with E-state index in [-0.39, 0.29) is 15.9 Å². The number of ether oxygens (including phenoxy) is 1. The van der Waals surface area contributed by atoms with Crippen LogP contribution in [0.1, 0.15) is 6.23 Å².